The lowest BCUT2D eigenvalue weighted by atomic mass is 9.82. The van der Waals surface area contributed by atoms with E-state index in [2.05, 4.69) is 41.3 Å². The second-order valence-corrected chi connectivity index (χ2v) is 7.87. The molecule has 1 saturated heterocycles. The van der Waals surface area contributed by atoms with Crippen LogP contribution in [0.25, 0.3) is 0 Å². The molecule has 0 bridgehead atoms. The van der Waals surface area contributed by atoms with Gasteiger partial charge in [0.2, 0.25) is 0 Å². The maximum atomic E-state index is 10.6. The van der Waals surface area contributed by atoms with E-state index >= 15 is 0 Å². The zero-order valence-corrected chi connectivity index (χ0v) is 15.0. The lowest BCUT2D eigenvalue weighted by molar-refractivity contribution is 0.0535. The topological polar surface area (TPSA) is 23.5 Å². The number of fused-ring (bicyclic) bond motifs is 1. The van der Waals surface area contributed by atoms with Crippen LogP contribution in [-0.2, 0) is 12.8 Å². The molecule has 1 aliphatic heterocycles. The summed E-state index contributed by atoms with van der Waals surface area (Å²) in [5.74, 6) is 1.20. The first-order valence-electron chi connectivity index (χ1n) is 9.82. The quantitative estimate of drug-likeness (QED) is 0.903. The van der Waals surface area contributed by atoms with E-state index in [1.54, 1.807) is 11.1 Å². The van der Waals surface area contributed by atoms with Crippen molar-refractivity contribution in [1.82, 2.24) is 4.90 Å². The van der Waals surface area contributed by atoms with Gasteiger partial charge in [-0.3, -0.25) is 0 Å². The maximum Gasteiger partial charge on any atom is 0.0819 e. The molecule has 0 spiro atoms. The number of aliphatic hydroxyl groups excluding tert-OH is 1. The lowest BCUT2D eigenvalue weighted by Gasteiger charge is -2.37. The summed E-state index contributed by atoms with van der Waals surface area (Å²) >= 11 is 0. The Hall–Kier alpha value is -1.64. The molecule has 1 fully saturated rings. The van der Waals surface area contributed by atoms with Crippen LogP contribution in [0.4, 0.5) is 0 Å². The van der Waals surface area contributed by atoms with Crippen LogP contribution in [0.2, 0.25) is 0 Å². The SMILES string of the molecule is OC(c1ccccc1)C1CCN(CC2CCc3ccccc3C2)CC1. The van der Waals surface area contributed by atoms with E-state index < -0.39 is 0 Å². The molecule has 132 valence electrons. The van der Waals surface area contributed by atoms with E-state index in [1.165, 1.54) is 25.8 Å². The van der Waals surface area contributed by atoms with Gasteiger partial charge in [-0.25, -0.2) is 0 Å². The van der Waals surface area contributed by atoms with Gasteiger partial charge in [-0.1, -0.05) is 54.6 Å². The smallest absolute Gasteiger partial charge is 0.0819 e. The maximum absolute atomic E-state index is 10.6. The van der Waals surface area contributed by atoms with Gasteiger partial charge >= 0.3 is 0 Å². The number of hydrogen-bond acceptors (Lipinski definition) is 2. The molecule has 4 rings (SSSR count). The molecule has 0 aromatic heterocycles. The number of likely N-dealkylation sites (tertiary alicyclic amines) is 1. The second-order valence-electron chi connectivity index (χ2n) is 7.87. The van der Waals surface area contributed by atoms with Crippen LogP contribution in [0.15, 0.2) is 54.6 Å². The Morgan fingerprint density at radius 1 is 0.880 bits per heavy atom. The van der Waals surface area contributed by atoms with Crippen LogP contribution < -0.4 is 0 Å². The van der Waals surface area contributed by atoms with Crippen LogP contribution in [0.3, 0.4) is 0 Å². The Kier molecular flexibility index (Phi) is 5.19. The van der Waals surface area contributed by atoms with Gasteiger partial charge in [0.15, 0.2) is 0 Å². The third-order valence-corrected chi connectivity index (χ3v) is 6.19. The summed E-state index contributed by atoms with van der Waals surface area (Å²) in [7, 11) is 0. The first kappa shape index (κ1) is 16.8. The van der Waals surface area contributed by atoms with Crippen LogP contribution in [0, 0.1) is 11.8 Å². The highest BCUT2D eigenvalue weighted by atomic mass is 16.3. The number of benzene rings is 2. The van der Waals surface area contributed by atoms with Gasteiger partial charge in [0.1, 0.15) is 0 Å². The van der Waals surface area contributed by atoms with Gasteiger partial charge in [0.25, 0.3) is 0 Å². The summed E-state index contributed by atoms with van der Waals surface area (Å²) < 4.78 is 0. The number of aliphatic hydroxyl groups is 1. The molecule has 2 aromatic rings. The number of aryl methyl sites for hydroxylation is 1. The molecule has 1 aliphatic carbocycles. The molecule has 2 heteroatoms. The normalized spacial score (nSPS) is 23.2. The van der Waals surface area contributed by atoms with Crippen LogP contribution in [0.1, 0.15) is 42.1 Å². The molecule has 2 nitrogen and oxygen atoms in total. The molecule has 25 heavy (non-hydrogen) atoms. The predicted octanol–water partition coefficient (Wildman–Crippen LogP) is 4.24. The Balaban J connectivity index is 1.28. The number of rotatable bonds is 4. The Bertz CT molecular complexity index is 676. The molecule has 0 radical (unpaired) electrons. The molecule has 1 heterocycles. The number of nitrogens with zero attached hydrogens (tertiary/aromatic N) is 1. The Morgan fingerprint density at radius 3 is 2.32 bits per heavy atom. The Labute approximate surface area is 151 Å². The average molecular weight is 335 g/mol. The van der Waals surface area contributed by atoms with E-state index in [0.29, 0.717) is 5.92 Å². The lowest BCUT2D eigenvalue weighted by Crippen LogP contribution is -2.39. The highest BCUT2D eigenvalue weighted by molar-refractivity contribution is 5.29. The molecule has 2 aliphatic rings. The summed E-state index contributed by atoms with van der Waals surface area (Å²) in [6.07, 6.45) is 5.72. The molecule has 2 atom stereocenters. The van der Waals surface area contributed by atoms with Crippen molar-refractivity contribution in [2.24, 2.45) is 11.8 Å². The minimum atomic E-state index is -0.301. The Morgan fingerprint density at radius 2 is 1.56 bits per heavy atom. The number of piperidine rings is 1. The summed E-state index contributed by atoms with van der Waals surface area (Å²) in [4.78, 5) is 2.63. The van der Waals surface area contributed by atoms with E-state index in [9.17, 15) is 5.11 Å². The van der Waals surface area contributed by atoms with Crippen LogP contribution >= 0.6 is 0 Å². The summed E-state index contributed by atoms with van der Waals surface area (Å²) in [5, 5.41) is 10.6. The van der Waals surface area contributed by atoms with Crippen molar-refractivity contribution in [2.45, 2.75) is 38.2 Å². The minimum absolute atomic E-state index is 0.301. The van der Waals surface area contributed by atoms with Crippen molar-refractivity contribution < 1.29 is 5.11 Å². The van der Waals surface area contributed by atoms with Crippen molar-refractivity contribution in [3.63, 3.8) is 0 Å². The number of hydrogen-bond donors (Lipinski definition) is 1. The largest absolute Gasteiger partial charge is 0.388 e. The standard InChI is InChI=1S/C23H29NO/c25-23(20-7-2-1-3-8-20)21-12-14-24(15-13-21)17-18-10-11-19-6-4-5-9-22(19)16-18/h1-9,18,21,23,25H,10-17H2. The first-order chi connectivity index (χ1) is 12.3. The predicted molar refractivity (Wildman–Crippen MR) is 103 cm³/mol. The van der Waals surface area contributed by atoms with Crippen molar-refractivity contribution in [3.8, 4) is 0 Å². The molecule has 0 saturated carbocycles. The van der Waals surface area contributed by atoms with Crippen molar-refractivity contribution in [3.05, 3.63) is 71.3 Å². The van der Waals surface area contributed by atoms with Gasteiger partial charge in [-0.2, -0.15) is 0 Å². The fraction of sp³-hybridized carbons (Fsp3) is 0.478. The van der Waals surface area contributed by atoms with Crippen molar-refractivity contribution in [2.75, 3.05) is 19.6 Å². The van der Waals surface area contributed by atoms with Crippen molar-refractivity contribution >= 4 is 0 Å². The van der Waals surface area contributed by atoms with Gasteiger partial charge in [0.05, 0.1) is 6.10 Å². The van der Waals surface area contributed by atoms with Gasteiger partial charge < -0.3 is 10.0 Å². The average Bonchev–Trinajstić information content (AvgIpc) is 2.69. The monoisotopic (exact) mass is 335 g/mol. The minimum Gasteiger partial charge on any atom is -0.388 e. The van der Waals surface area contributed by atoms with E-state index in [-0.39, 0.29) is 6.10 Å². The highest BCUT2D eigenvalue weighted by Gasteiger charge is 2.28. The molecule has 0 amide bonds. The summed E-state index contributed by atoms with van der Waals surface area (Å²) in [6.45, 7) is 3.49. The molecule has 1 N–H and O–H groups in total. The van der Waals surface area contributed by atoms with Crippen LogP contribution in [-0.4, -0.2) is 29.6 Å². The van der Waals surface area contributed by atoms with Crippen molar-refractivity contribution in [1.29, 1.82) is 0 Å². The van der Waals surface area contributed by atoms with Gasteiger partial charge in [0, 0.05) is 6.54 Å². The first-order valence-corrected chi connectivity index (χ1v) is 9.82. The van der Waals surface area contributed by atoms with Crippen LogP contribution in [0.5, 0.6) is 0 Å². The zero-order valence-electron chi connectivity index (χ0n) is 15.0. The third-order valence-electron chi connectivity index (χ3n) is 6.19. The molecule has 2 unspecified atom stereocenters. The van der Waals surface area contributed by atoms with Gasteiger partial charge in [-0.05, 0) is 73.7 Å². The molecular weight excluding hydrogens is 306 g/mol. The zero-order chi connectivity index (χ0) is 17.1. The fourth-order valence-corrected chi connectivity index (χ4v) is 4.67. The second kappa shape index (κ2) is 7.72. The summed E-state index contributed by atoms with van der Waals surface area (Å²) in [6, 6.07) is 19.1. The molecule has 2 aromatic carbocycles. The summed E-state index contributed by atoms with van der Waals surface area (Å²) in [5.41, 5.74) is 4.20. The van der Waals surface area contributed by atoms with Gasteiger partial charge in [-0.15, -0.1) is 0 Å². The molecular formula is C23H29NO. The van der Waals surface area contributed by atoms with E-state index in [1.807, 2.05) is 18.2 Å². The third kappa shape index (κ3) is 3.96. The van der Waals surface area contributed by atoms with E-state index in [4.69, 9.17) is 0 Å². The highest BCUT2D eigenvalue weighted by Crippen LogP contribution is 2.32. The fourth-order valence-electron chi connectivity index (χ4n) is 4.67. The van der Waals surface area contributed by atoms with E-state index in [0.717, 1.165) is 37.4 Å².